The molecule has 1 aromatic heterocycles. The molecule has 0 aliphatic carbocycles. The van der Waals surface area contributed by atoms with E-state index in [4.69, 9.17) is 16.3 Å². The van der Waals surface area contributed by atoms with E-state index in [0.717, 1.165) is 5.69 Å². The number of aromatic nitrogens is 2. The van der Waals surface area contributed by atoms with E-state index in [2.05, 4.69) is 10.4 Å². The van der Waals surface area contributed by atoms with Gasteiger partial charge < -0.3 is 15.2 Å². The highest BCUT2D eigenvalue weighted by atomic mass is 35.5. The van der Waals surface area contributed by atoms with Crippen LogP contribution in [0, 0.1) is 0 Å². The number of aliphatic hydroxyl groups excluding tert-OH is 1. The van der Waals surface area contributed by atoms with Gasteiger partial charge in [-0.25, -0.2) is 0 Å². The van der Waals surface area contributed by atoms with Gasteiger partial charge >= 0.3 is 0 Å². The van der Waals surface area contributed by atoms with Gasteiger partial charge in [-0.1, -0.05) is 11.6 Å². The van der Waals surface area contributed by atoms with E-state index in [9.17, 15) is 5.11 Å². The molecule has 1 unspecified atom stereocenters. The molecule has 0 aliphatic heterocycles. The summed E-state index contributed by atoms with van der Waals surface area (Å²) in [6, 6.07) is 7.15. The molecule has 0 bridgehead atoms. The molecule has 1 heterocycles. The average molecular weight is 282 g/mol. The Labute approximate surface area is 116 Å². The number of halogens is 1. The van der Waals surface area contributed by atoms with Crippen LogP contribution in [0.2, 0.25) is 5.02 Å². The summed E-state index contributed by atoms with van der Waals surface area (Å²) >= 11 is 6.06. The number of methoxy groups -OCH3 is 1. The molecule has 0 fully saturated rings. The van der Waals surface area contributed by atoms with E-state index in [-0.39, 0.29) is 0 Å². The number of hydrogen-bond acceptors (Lipinski definition) is 4. The monoisotopic (exact) mass is 281 g/mol. The predicted octanol–water partition coefficient (Wildman–Crippen LogP) is 2.02. The first kappa shape index (κ1) is 13.7. The van der Waals surface area contributed by atoms with E-state index < -0.39 is 6.10 Å². The van der Waals surface area contributed by atoms with Crippen molar-refractivity contribution in [1.82, 2.24) is 9.78 Å². The van der Waals surface area contributed by atoms with E-state index in [0.29, 0.717) is 23.9 Å². The molecule has 0 saturated heterocycles. The van der Waals surface area contributed by atoms with Crippen LogP contribution in [0.15, 0.2) is 36.7 Å². The summed E-state index contributed by atoms with van der Waals surface area (Å²) < 4.78 is 6.81. The Bertz CT molecular complexity index is 517. The number of anilines is 1. The molecule has 5 nitrogen and oxygen atoms in total. The summed E-state index contributed by atoms with van der Waals surface area (Å²) in [5.41, 5.74) is 0.737. The van der Waals surface area contributed by atoms with Gasteiger partial charge in [0.2, 0.25) is 0 Å². The summed E-state index contributed by atoms with van der Waals surface area (Å²) in [5, 5.41) is 17.6. The van der Waals surface area contributed by atoms with E-state index in [1.54, 1.807) is 36.2 Å². The molecule has 19 heavy (non-hydrogen) atoms. The van der Waals surface area contributed by atoms with E-state index >= 15 is 0 Å². The van der Waals surface area contributed by atoms with Crippen LogP contribution in [-0.4, -0.2) is 34.6 Å². The third-order valence-corrected chi connectivity index (χ3v) is 2.99. The lowest BCUT2D eigenvalue weighted by molar-refractivity contribution is 0.161. The Morgan fingerprint density at radius 1 is 1.53 bits per heavy atom. The van der Waals surface area contributed by atoms with Gasteiger partial charge in [-0.15, -0.1) is 0 Å². The number of aliphatic hydroxyl groups is 1. The maximum Gasteiger partial charge on any atom is 0.121 e. The van der Waals surface area contributed by atoms with Crippen molar-refractivity contribution < 1.29 is 9.84 Å². The first-order valence-corrected chi connectivity index (χ1v) is 6.29. The fraction of sp³-hybridized carbons (Fsp3) is 0.308. The van der Waals surface area contributed by atoms with Gasteiger partial charge in [-0.3, -0.25) is 4.68 Å². The molecular formula is C13H16ClN3O2. The molecule has 1 atom stereocenters. The summed E-state index contributed by atoms with van der Waals surface area (Å²) in [5.74, 6) is 0.716. The van der Waals surface area contributed by atoms with Gasteiger partial charge in [0.25, 0.3) is 0 Å². The summed E-state index contributed by atoms with van der Waals surface area (Å²) in [6.07, 6.45) is 2.93. The van der Waals surface area contributed by atoms with Gasteiger partial charge in [0, 0.05) is 25.0 Å². The SMILES string of the molecule is COc1ccc(Cl)c(NCC(O)Cn2cccn2)c1. The zero-order chi connectivity index (χ0) is 13.7. The largest absolute Gasteiger partial charge is 0.497 e. The molecule has 0 aliphatic rings. The quantitative estimate of drug-likeness (QED) is 0.850. The molecule has 0 radical (unpaired) electrons. The van der Waals surface area contributed by atoms with Crippen molar-refractivity contribution in [1.29, 1.82) is 0 Å². The second kappa shape index (κ2) is 6.45. The smallest absolute Gasteiger partial charge is 0.121 e. The van der Waals surface area contributed by atoms with Crippen LogP contribution in [0.5, 0.6) is 5.75 Å². The first-order valence-electron chi connectivity index (χ1n) is 5.92. The number of nitrogens with one attached hydrogen (secondary N) is 1. The fourth-order valence-electron chi connectivity index (χ4n) is 1.68. The number of rotatable bonds is 6. The number of benzene rings is 1. The zero-order valence-corrected chi connectivity index (χ0v) is 11.3. The Balaban J connectivity index is 1.91. The third kappa shape index (κ3) is 3.87. The maximum absolute atomic E-state index is 9.90. The van der Waals surface area contributed by atoms with Crippen LogP contribution in [0.1, 0.15) is 0 Å². The van der Waals surface area contributed by atoms with Gasteiger partial charge in [0.05, 0.1) is 30.5 Å². The van der Waals surface area contributed by atoms with Crippen molar-refractivity contribution >= 4 is 17.3 Å². The van der Waals surface area contributed by atoms with Gasteiger partial charge in [-0.05, 0) is 18.2 Å². The van der Waals surface area contributed by atoms with Crippen LogP contribution < -0.4 is 10.1 Å². The Morgan fingerprint density at radius 2 is 2.37 bits per heavy atom. The Morgan fingerprint density at radius 3 is 3.05 bits per heavy atom. The van der Waals surface area contributed by atoms with Crippen molar-refractivity contribution in [2.24, 2.45) is 0 Å². The third-order valence-electron chi connectivity index (χ3n) is 2.66. The number of nitrogens with zero attached hydrogens (tertiary/aromatic N) is 2. The number of hydrogen-bond donors (Lipinski definition) is 2. The van der Waals surface area contributed by atoms with Crippen molar-refractivity contribution in [3.63, 3.8) is 0 Å². The Hall–Kier alpha value is -1.72. The highest BCUT2D eigenvalue weighted by Crippen LogP contribution is 2.26. The van der Waals surface area contributed by atoms with Gasteiger partial charge in [0.1, 0.15) is 5.75 Å². The molecule has 0 saturated carbocycles. The summed E-state index contributed by atoms with van der Waals surface area (Å²) in [6.45, 7) is 0.814. The highest BCUT2D eigenvalue weighted by molar-refractivity contribution is 6.33. The first-order chi connectivity index (χ1) is 9.19. The molecule has 0 amide bonds. The van der Waals surface area contributed by atoms with Crippen molar-refractivity contribution in [2.45, 2.75) is 12.6 Å². The lowest BCUT2D eigenvalue weighted by Crippen LogP contribution is -2.25. The molecule has 0 spiro atoms. The molecular weight excluding hydrogens is 266 g/mol. The van der Waals surface area contributed by atoms with Crippen LogP contribution in [-0.2, 0) is 6.54 Å². The minimum absolute atomic E-state index is 0.382. The zero-order valence-electron chi connectivity index (χ0n) is 10.6. The van der Waals surface area contributed by atoms with E-state index in [1.165, 1.54) is 0 Å². The van der Waals surface area contributed by atoms with Crippen LogP contribution in [0.3, 0.4) is 0 Å². The predicted molar refractivity (Wildman–Crippen MR) is 74.7 cm³/mol. The van der Waals surface area contributed by atoms with Crippen molar-refractivity contribution in [3.8, 4) is 5.75 Å². The standard InChI is InChI=1S/C13H16ClN3O2/c1-19-11-3-4-12(14)13(7-11)15-8-10(18)9-17-6-2-5-16-17/h2-7,10,15,18H,8-9H2,1H3. The lowest BCUT2D eigenvalue weighted by atomic mass is 10.2. The fourth-order valence-corrected chi connectivity index (χ4v) is 1.87. The molecule has 6 heteroatoms. The lowest BCUT2D eigenvalue weighted by Gasteiger charge is -2.14. The molecule has 1 aromatic carbocycles. The molecule has 2 N–H and O–H groups in total. The van der Waals surface area contributed by atoms with Gasteiger partial charge in [-0.2, -0.15) is 5.10 Å². The van der Waals surface area contributed by atoms with Crippen LogP contribution in [0.25, 0.3) is 0 Å². The van der Waals surface area contributed by atoms with Crippen LogP contribution in [0.4, 0.5) is 5.69 Å². The minimum atomic E-state index is -0.554. The molecule has 2 aromatic rings. The minimum Gasteiger partial charge on any atom is -0.497 e. The van der Waals surface area contributed by atoms with E-state index in [1.807, 2.05) is 12.3 Å². The number of ether oxygens (including phenoxy) is 1. The van der Waals surface area contributed by atoms with Crippen molar-refractivity contribution in [3.05, 3.63) is 41.7 Å². The normalized spacial score (nSPS) is 12.2. The second-order valence-electron chi connectivity index (χ2n) is 4.11. The maximum atomic E-state index is 9.90. The highest BCUT2D eigenvalue weighted by Gasteiger charge is 2.07. The van der Waals surface area contributed by atoms with Crippen molar-refractivity contribution in [2.75, 3.05) is 19.0 Å². The second-order valence-corrected chi connectivity index (χ2v) is 4.52. The summed E-state index contributed by atoms with van der Waals surface area (Å²) in [7, 11) is 1.60. The topological polar surface area (TPSA) is 59.3 Å². The van der Waals surface area contributed by atoms with Gasteiger partial charge in [0.15, 0.2) is 0 Å². The summed E-state index contributed by atoms with van der Waals surface area (Å²) in [4.78, 5) is 0. The molecule has 2 rings (SSSR count). The molecule has 102 valence electrons. The average Bonchev–Trinajstić information content (AvgIpc) is 2.90. The van der Waals surface area contributed by atoms with Crippen LogP contribution >= 0.6 is 11.6 Å². The Kier molecular flexibility index (Phi) is 4.65.